The third-order valence-electron chi connectivity index (χ3n) is 3.31. The van der Waals surface area contributed by atoms with Crippen molar-refractivity contribution < 1.29 is 4.39 Å². The normalized spacial score (nSPS) is 13.0. The molecule has 0 aromatic heterocycles. The highest BCUT2D eigenvalue weighted by Gasteiger charge is 2.24. The lowest BCUT2D eigenvalue weighted by atomic mass is 9.87. The Balaban J connectivity index is 3.02. The van der Waals surface area contributed by atoms with Crippen molar-refractivity contribution in [2.75, 3.05) is 11.9 Å². The van der Waals surface area contributed by atoms with Crippen LogP contribution in [0.15, 0.2) is 18.2 Å². The summed E-state index contributed by atoms with van der Waals surface area (Å²) in [5.74, 6) is -0.460. The SMILES string of the molecule is CC(N(C)c1ccc(C#N)c(F)c1)C(C)(C)C. The van der Waals surface area contributed by atoms with Crippen molar-refractivity contribution >= 4 is 5.69 Å². The molecule has 0 radical (unpaired) electrons. The molecule has 17 heavy (non-hydrogen) atoms. The zero-order chi connectivity index (χ0) is 13.2. The van der Waals surface area contributed by atoms with Gasteiger partial charge in [0.1, 0.15) is 11.9 Å². The maximum absolute atomic E-state index is 13.5. The Kier molecular flexibility index (Phi) is 3.77. The van der Waals surface area contributed by atoms with Gasteiger partial charge in [-0.05, 0) is 30.5 Å². The second kappa shape index (κ2) is 4.75. The van der Waals surface area contributed by atoms with Crippen LogP contribution in [0.5, 0.6) is 0 Å². The van der Waals surface area contributed by atoms with E-state index in [-0.39, 0.29) is 17.0 Å². The van der Waals surface area contributed by atoms with Crippen molar-refractivity contribution in [3.8, 4) is 6.07 Å². The molecule has 0 aliphatic rings. The van der Waals surface area contributed by atoms with Crippen molar-refractivity contribution in [2.45, 2.75) is 33.7 Å². The predicted octanol–water partition coefficient (Wildman–Crippen LogP) is 3.57. The van der Waals surface area contributed by atoms with Crippen molar-refractivity contribution in [1.29, 1.82) is 5.26 Å². The van der Waals surface area contributed by atoms with E-state index in [1.54, 1.807) is 6.07 Å². The van der Waals surface area contributed by atoms with Crippen molar-refractivity contribution in [1.82, 2.24) is 0 Å². The Hall–Kier alpha value is -1.56. The lowest BCUT2D eigenvalue weighted by Crippen LogP contribution is -2.39. The molecule has 0 N–H and O–H groups in total. The van der Waals surface area contributed by atoms with Crippen LogP contribution in [0.3, 0.4) is 0 Å². The van der Waals surface area contributed by atoms with Crippen LogP contribution in [0, 0.1) is 22.6 Å². The summed E-state index contributed by atoms with van der Waals surface area (Å²) in [5.41, 5.74) is 0.994. The topological polar surface area (TPSA) is 27.0 Å². The van der Waals surface area contributed by atoms with E-state index in [1.807, 2.05) is 18.0 Å². The zero-order valence-electron chi connectivity index (χ0n) is 11.1. The molecule has 0 amide bonds. The molecule has 1 atom stereocenters. The minimum atomic E-state index is -0.460. The van der Waals surface area contributed by atoms with Gasteiger partial charge in [0.25, 0.3) is 0 Å². The van der Waals surface area contributed by atoms with Gasteiger partial charge in [-0.3, -0.25) is 0 Å². The molecule has 0 heterocycles. The maximum atomic E-state index is 13.5. The van der Waals surface area contributed by atoms with E-state index >= 15 is 0 Å². The Bertz CT molecular complexity index is 441. The highest BCUT2D eigenvalue weighted by Crippen LogP contribution is 2.28. The average Bonchev–Trinajstić information content (AvgIpc) is 2.25. The smallest absolute Gasteiger partial charge is 0.143 e. The summed E-state index contributed by atoms with van der Waals surface area (Å²) in [6, 6.07) is 6.82. The number of nitrogens with zero attached hydrogens (tertiary/aromatic N) is 2. The van der Waals surface area contributed by atoms with Gasteiger partial charge in [0.05, 0.1) is 5.56 Å². The van der Waals surface area contributed by atoms with Gasteiger partial charge in [-0.2, -0.15) is 5.26 Å². The summed E-state index contributed by atoms with van der Waals surface area (Å²) in [6.45, 7) is 8.55. The molecule has 92 valence electrons. The molecule has 1 aromatic rings. The zero-order valence-corrected chi connectivity index (χ0v) is 11.1. The van der Waals surface area contributed by atoms with Crippen molar-refractivity contribution in [3.05, 3.63) is 29.6 Å². The van der Waals surface area contributed by atoms with Gasteiger partial charge >= 0.3 is 0 Å². The lowest BCUT2D eigenvalue weighted by molar-refractivity contribution is 0.329. The van der Waals surface area contributed by atoms with E-state index in [0.29, 0.717) is 0 Å². The van der Waals surface area contributed by atoms with Crippen molar-refractivity contribution in [3.63, 3.8) is 0 Å². The molecule has 1 rings (SSSR count). The minimum Gasteiger partial charge on any atom is -0.371 e. The summed E-state index contributed by atoms with van der Waals surface area (Å²) in [5, 5.41) is 8.68. The summed E-state index contributed by atoms with van der Waals surface area (Å²) in [4.78, 5) is 2.03. The van der Waals surface area contributed by atoms with Gasteiger partial charge in [0, 0.05) is 18.8 Å². The fourth-order valence-electron chi connectivity index (χ4n) is 1.62. The van der Waals surface area contributed by atoms with E-state index in [0.717, 1.165) is 5.69 Å². The molecule has 0 saturated heterocycles. The van der Waals surface area contributed by atoms with Gasteiger partial charge < -0.3 is 4.90 Å². The first-order valence-corrected chi connectivity index (χ1v) is 5.70. The monoisotopic (exact) mass is 234 g/mol. The van der Waals surface area contributed by atoms with E-state index in [1.165, 1.54) is 12.1 Å². The van der Waals surface area contributed by atoms with Crippen LogP contribution in [0.4, 0.5) is 10.1 Å². The molecule has 0 spiro atoms. The summed E-state index contributed by atoms with van der Waals surface area (Å²) in [7, 11) is 1.94. The number of nitriles is 1. The highest BCUT2D eigenvalue weighted by molar-refractivity contribution is 5.50. The molecule has 2 nitrogen and oxygen atoms in total. The molecule has 1 unspecified atom stereocenters. The fourth-order valence-corrected chi connectivity index (χ4v) is 1.62. The van der Waals surface area contributed by atoms with Gasteiger partial charge in [-0.25, -0.2) is 4.39 Å². The van der Waals surface area contributed by atoms with E-state index in [9.17, 15) is 4.39 Å². The molecule has 0 aliphatic carbocycles. The summed E-state index contributed by atoms with van der Waals surface area (Å²) >= 11 is 0. The van der Waals surface area contributed by atoms with E-state index in [2.05, 4.69) is 27.7 Å². The number of rotatable bonds is 2. The first kappa shape index (κ1) is 13.5. The van der Waals surface area contributed by atoms with Crippen LogP contribution in [0.25, 0.3) is 0 Å². The second-order valence-electron chi connectivity index (χ2n) is 5.43. The second-order valence-corrected chi connectivity index (χ2v) is 5.43. The number of anilines is 1. The molecule has 1 aromatic carbocycles. The summed E-state index contributed by atoms with van der Waals surface area (Å²) in [6.07, 6.45) is 0. The van der Waals surface area contributed by atoms with Crippen LogP contribution < -0.4 is 4.90 Å². The van der Waals surface area contributed by atoms with Crippen LogP contribution in [0.1, 0.15) is 33.3 Å². The third-order valence-corrected chi connectivity index (χ3v) is 3.31. The van der Waals surface area contributed by atoms with Gasteiger partial charge in [-0.1, -0.05) is 20.8 Å². The highest BCUT2D eigenvalue weighted by atomic mass is 19.1. The van der Waals surface area contributed by atoms with Gasteiger partial charge in [-0.15, -0.1) is 0 Å². The van der Waals surface area contributed by atoms with E-state index < -0.39 is 5.82 Å². The molecule has 0 aliphatic heterocycles. The van der Waals surface area contributed by atoms with Crippen LogP contribution in [-0.2, 0) is 0 Å². The fraction of sp³-hybridized carbons (Fsp3) is 0.500. The van der Waals surface area contributed by atoms with Gasteiger partial charge in [0.15, 0.2) is 0 Å². The Morgan fingerprint density at radius 3 is 2.35 bits per heavy atom. The molecule has 3 heteroatoms. The maximum Gasteiger partial charge on any atom is 0.143 e. The Morgan fingerprint density at radius 2 is 1.94 bits per heavy atom. The van der Waals surface area contributed by atoms with E-state index in [4.69, 9.17) is 5.26 Å². The minimum absolute atomic E-state index is 0.0885. The molecular formula is C14H19FN2. The largest absolute Gasteiger partial charge is 0.371 e. The number of hydrogen-bond donors (Lipinski definition) is 0. The summed E-state index contributed by atoms with van der Waals surface area (Å²) < 4.78 is 13.5. The van der Waals surface area contributed by atoms with Crippen molar-refractivity contribution in [2.24, 2.45) is 5.41 Å². The number of halogens is 1. The van der Waals surface area contributed by atoms with Crippen LogP contribution >= 0.6 is 0 Å². The predicted molar refractivity (Wildman–Crippen MR) is 68.4 cm³/mol. The Morgan fingerprint density at radius 1 is 1.35 bits per heavy atom. The molecule has 0 bridgehead atoms. The number of benzene rings is 1. The standard InChI is InChI=1S/C14H19FN2/c1-10(14(2,3)4)17(5)12-7-6-11(9-16)13(15)8-12/h6-8,10H,1-5H3. The lowest BCUT2D eigenvalue weighted by Gasteiger charge is -2.36. The molecule has 0 fully saturated rings. The Labute approximate surface area is 103 Å². The number of hydrogen-bond acceptors (Lipinski definition) is 2. The average molecular weight is 234 g/mol. The molecular weight excluding hydrogens is 215 g/mol. The first-order valence-electron chi connectivity index (χ1n) is 5.70. The van der Waals surface area contributed by atoms with Crippen LogP contribution in [0.2, 0.25) is 0 Å². The quantitative estimate of drug-likeness (QED) is 0.782. The van der Waals surface area contributed by atoms with Gasteiger partial charge in [0.2, 0.25) is 0 Å². The third kappa shape index (κ3) is 2.97. The van der Waals surface area contributed by atoms with Crippen LogP contribution in [-0.4, -0.2) is 13.1 Å². The molecule has 0 saturated carbocycles. The first-order chi connectivity index (χ1) is 7.77.